The molecule has 4 heteroatoms. The van der Waals surface area contributed by atoms with Crippen LogP contribution in [0.15, 0.2) is 24.4 Å². The van der Waals surface area contributed by atoms with Gasteiger partial charge in [-0.2, -0.15) is 0 Å². The number of carbonyl (C=O) groups is 1. The largest absolute Gasteiger partial charge is 0.372 e. The van der Waals surface area contributed by atoms with E-state index in [1.807, 2.05) is 6.07 Å². The minimum atomic E-state index is -0.0543. The van der Waals surface area contributed by atoms with Gasteiger partial charge in [0.1, 0.15) is 12.3 Å². The molecule has 1 aliphatic rings. The molecular formula is C13H18N2O2. The Bertz CT molecular complexity index is 348. The fourth-order valence-electron chi connectivity index (χ4n) is 1.96. The Morgan fingerprint density at radius 2 is 2.41 bits per heavy atom. The van der Waals surface area contributed by atoms with Gasteiger partial charge >= 0.3 is 0 Å². The van der Waals surface area contributed by atoms with E-state index in [1.54, 1.807) is 18.3 Å². The first-order valence-corrected chi connectivity index (χ1v) is 6.11. The Morgan fingerprint density at radius 1 is 1.47 bits per heavy atom. The van der Waals surface area contributed by atoms with Gasteiger partial charge in [0.25, 0.3) is 0 Å². The van der Waals surface area contributed by atoms with E-state index in [0.29, 0.717) is 18.3 Å². The van der Waals surface area contributed by atoms with Gasteiger partial charge in [-0.3, -0.25) is 9.78 Å². The number of hydrogen-bond acceptors (Lipinski definition) is 4. The molecule has 0 unspecified atom stereocenters. The van der Waals surface area contributed by atoms with Crippen LogP contribution in [0.3, 0.4) is 0 Å². The third-order valence-corrected chi connectivity index (χ3v) is 2.92. The molecule has 0 bridgehead atoms. The minimum Gasteiger partial charge on any atom is -0.372 e. The Hall–Kier alpha value is -1.26. The molecule has 0 saturated carbocycles. The second kappa shape index (κ2) is 6.47. The van der Waals surface area contributed by atoms with Crippen molar-refractivity contribution in [1.82, 2.24) is 10.3 Å². The predicted molar refractivity (Wildman–Crippen MR) is 65.0 cm³/mol. The molecule has 1 aromatic rings. The Morgan fingerprint density at radius 3 is 3.12 bits per heavy atom. The molecule has 0 spiro atoms. The highest BCUT2D eigenvalue weighted by Crippen LogP contribution is 2.07. The van der Waals surface area contributed by atoms with E-state index in [9.17, 15) is 4.79 Å². The minimum absolute atomic E-state index is 0.0543. The zero-order valence-corrected chi connectivity index (χ0v) is 9.89. The molecule has 0 radical (unpaired) electrons. The van der Waals surface area contributed by atoms with E-state index >= 15 is 0 Å². The lowest BCUT2D eigenvalue weighted by atomic mass is 10.1. The van der Waals surface area contributed by atoms with Crippen LogP contribution in [0.4, 0.5) is 0 Å². The molecule has 2 heterocycles. The highest BCUT2D eigenvalue weighted by Gasteiger charge is 2.13. The number of hydrogen-bond donors (Lipinski definition) is 1. The quantitative estimate of drug-likeness (QED) is 0.783. The normalized spacial score (nSPS) is 20.1. The Balaban J connectivity index is 1.69. The van der Waals surface area contributed by atoms with Crippen molar-refractivity contribution in [2.75, 3.05) is 19.8 Å². The molecule has 1 saturated heterocycles. The predicted octanol–water partition coefficient (Wildman–Crippen LogP) is 1.42. The summed E-state index contributed by atoms with van der Waals surface area (Å²) >= 11 is 0. The van der Waals surface area contributed by atoms with Gasteiger partial charge in [-0.25, -0.2) is 0 Å². The van der Waals surface area contributed by atoms with E-state index in [2.05, 4.69) is 10.3 Å². The molecule has 1 aliphatic heterocycles. The number of ether oxygens (including phenoxy) is 1. The SMILES string of the molecule is O=C(COC[C@H]1CCCCN1)c1ccccn1. The van der Waals surface area contributed by atoms with E-state index in [4.69, 9.17) is 4.74 Å². The summed E-state index contributed by atoms with van der Waals surface area (Å²) in [6.07, 6.45) is 5.24. The molecule has 1 atom stereocenters. The van der Waals surface area contributed by atoms with Crippen molar-refractivity contribution in [3.63, 3.8) is 0 Å². The summed E-state index contributed by atoms with van der Waals surface area (Å²) in [5.74, 6) is -0.0543. The second-order valence-electron chi connectivity index (χ2n) is 4.30. The number of carbonyl (C=O) groups excluding carboxylic acids is 1. The number of Topliss-reactive ketones (excluding diaryl/α,β-unsaturated/α-hetero) is 1. The molecule has 1 N–H and O–H groups in total. The van der Waals surface area contributed by atoms with Gasteiger partial charge in [0, 0.05) is 12.2 Å². The lowest BCUT2D eigenvalue weighted by Gasteiger charge is -2.22. The van der Waals surface area contributed by atoms with E-state index in [0.717, 1.165) is 13.0 Å². The first kappa shape index (κ1) is 12.2. The number of nitrogens with one attached hydrogen (secondary N) is 1. The van der Waals surface area contributed by atoms with Crippen molar-refractivity contribution < 1.29 is 9.53 Å². The lowest BCUT2D eigenvalue weighted by molar-refractivity contribution is 0.0687. The van der Waals surface area contributed by atoms with Crippen LogP contribution in [-0.2, 0) is 4.74 Å². The zero-order valence-electron chi connectivity index (χ0n) is 9.89. The topological polar surface area (TPSA) is 51.2 Å². The number of pyridine rings is 1. The van der Waals surface area contributed by atoms with Crippen molar-refractivity contribution in [2.45, 2.75) is 25.3 Å². The van der Waals surface area contributed by atoms with Gasteiger partial charge in [-0.15, -0.1) is 0 Å². The average Bonchev–Trinajstić information content (AvgIpc) is 2.41. The summed E-state index contributed by atoms with van der Waals surface area (Å²) < 4.78 is 5.44. The first-order chi connectivity index (χ1) is 8.36. The average molecular weight is 234 g/mol. The summed E-state index contributed by atoms with van der Waals surface area (Å²) in [4.78, 5) is 15.7. The van der Waals surface area contributed by atoms with Crippen molar-refractivity contribution in [1.29, 1.82) is 0 Å². The first-order valence-electron chi connectivity index (χ1n) is 6.11. The van der Waals surface area contributed by atoms with Crippen LogP contribution >= 0.6 is 0 Å². The van der Waals surface area contributed by atoms with Crippen LogP contribution in [0.2, 0.25) is 0 Å². The number of piperidine rings is 1. The number of rotatable bonds is 5. The second-order valence-corrected chi connectivity index (χ2v) is 4.30. The number of aromatic nitrogens is 1. The van der Waals surface area contributed by atoms with Gasteiger partial charge in [-0.1, -0.05) is 12.5 Å². The Kier molecular flexibility index (Phi) is 4.64. The van der Waals surface area contributed by atoms with Gasteiger partial charge in [0.2, 0.25) is 5.78 Å². The monoisotopic (exact) mass is 234 g/mol. The molecule has 4 nitrogen and oxygen atoms in total. The lowest BCUT2D eigenvalue weighted by Crippen LogP contribution is -2.38. The summed E-state index contributed by atoms with van der Waals surface area (Å²) in [5, 5.41) is 3.38. The van der Waals surface area contributed by atoms with E-state index in [-0.39, 0.29) is 12.4 Å². The Labute approximate surface area is 101 Å². The van der Waals surface area contributed by atoms with Crippen molar-refractivity contribution in [2.24, 2.45) is 0 Å². The highest BCUT2D eigenvalue weighted by atomic mass is 16.5. The molecule has 17 heavy (non-hydrogen) atoms. The fourth-order valence-corrected chi connectivity index (χ4v) is 1.96. The van der Waals surface area contributed by atoms with Gasteiger partial charge in [0.05, 0.1) is 6.61 Å². The molecule has 0 amide bonds. The smallest absolute Gasteiger partial charge is 0.206 e. The van der Waals surface area contributed by atoms with Gasteiger partial charge < -0.3 is 10.1 Å². The summed E-state index contributed by atoms with van der Waals surface area (Å²) in [7, 11) is 0. The third kappa shape index (κ3) is 3.91. The molecule has 1 fully saturated rings. The molecule has 2 rings (SSSR count). The standard InChI is InChI=1S/C13H18N2O2/c16-13(12-6-2-4-8-15-12)10-17-9-11-5-1-3-7-14-11/h2,4,6,8,11,14H,1,3,5,7,9-10H2/t11-/m1/s1. The third-order valence-electron chi connectivity index (χ3n) is 2.92. The molecule has 0 aromatic carbocycles. The maximum atomic E-state index is 11.7. The molecule has 92 valence electrons. The van der Waals surface area contributed by atoms with Crippen LogP contribution in [0.1, 0.15) is 29.8 Å². The fraction of sp³-hybridized carbons (Fsp3) is 0.538. The molecule has 1 aromatic heterocycles. The van der Waals surface area contributed by atoms with Crippen LogP contribution in [-0.4, -0.2) is 36.6 Å². The van der Waals surface area contributed by atoms with Crippen molar-refractivity contribution in [3.8, 4) is 0 Å². The number of ketones is 1. The highest BCUT2D eigenvalue weighted by molar-refractivity contribution is 5.95. The zero-order chi connectivity index (χ0) is 11.9. The van der Waals surface area contributed by atoms with Crippen molar-refractivity contribution >= 4 is 5.78 Å². The number of nitrogens with zero attached hydrogens (tertiary/aromatic N) is 1. The van der Waals surface area contributed by atoms with Gasteiger partial charge in [-0.05, 0) is 31.5 Å². The van der Waals surface area contributed by atoms with Crippen LogP contribution < -0.4 is 5.32 Å². The molecule has 0 aliphatic carbocycles. The van der Waals surface area contributed by atoms with Crippen molar-refractivity contribution in [3.05, 3.63) is 30.1 Å². The van der Waals surface area contributed by atoms with E-state index < -0.39 is 0 Å². The molecular weight excluding hydrogens is 216 g/mol. The summed E-state index contributed by atoms with van der Waals surface area (Å²) in [6, 6.07) is 5.72. The van der Waals surface area contributed by atoms with Crippen LogP contribution in [0, 0.1) is 0 Å². The van der Waals surface area contributed by atoms with Gasteiger partial charge in [0.15, 0.2) is 0 Å². The summed E-state index contributed by atoms with van der Waals surface area (Å²) in [6.45, 7) is 1.79. The van der Waals surface area contributed by atoms with Crippen LogP contribution in [0.25, 0.3) is 0 Å². The van der Waals surface area contributed by atoms with Crippen LogP contribution in [0.5, 0.6) is 0 Å². The maximum Gasteiger partial charge on any atom is 0.206 e. The van der Waals surface area contributed by atoms with E-state index in [1.165, 1.54) is 12.8 Å². The maximum absolute atomic E-state index is 11.7. The summed E-state index contributed by atoms with van der Waals surface area (Å²) in [5.41, 5.74) is 0.476.